The molecule has 0 radical (unpaired) electrons. The van der Waals surface area contributed by atoms with Crippen LogP contribution in [-0.4, -0.2) is 60.7 Å². The van der Waals surface area contributed by atoms with E-state index >= 15 is 0 Å². The highest BCUT2D eigenvalue weighted by molar-refractivity contribution is 5.94. The van der Waals surface area contributed by atoms with Crippen LogP contribution in [0.15, 0.2) is 6.07 Å². The Hall–Kier alpha value is -1.25. The molecule has 132 valence electrons. The number of hydrogen-bond acceptors (Lipinski definition) is 3. The Bertz CT molecular complexity index is 527. The monoisotopic (exact) mass is 354 g/mol. The summed E-state index contributed by atoms with van der Waals surface area (Å²) in [4.78, 5) is 16.3. The molecule has 1 aromatic heterocycles. The average Bonchev–Trinajstić information content (AvgIpc) is 2.77. The minimum Gasteiger partial charge on any atom is -0.354 e. The SMILES string of the molecule is Cc1cc(C)c(C(=O)NCC(N2CCNCC2)C(F)(F)F)[nH]1.Cl. The van der Waals surface area contributed by atoms with Gasteiger partial charge in [-0.25, -0.2) is 0 Å². The standard InChI is InChI=1S/C14H21F3N4O.ClH/c1-9-7-10(2)20-12(9)13(22)19-8-11(14(15,16)17)21-5-3-18-4-6-21;/h7,11,18,20H,3-6,8H2,1-2H3,(H,19,22);1H. The molecule has 2 heterocycles. The highest BCUT2D eigenvalue weighted by Crippen LogP contribution is 2.25. The van der Waals surface area contributed by atoms with E-state index in [1.54, 1.807) is 19.9 Å². The molecule has 3 N–H and O–H groups in total. The first-order valence-corrected chi connectivity index (χ1v) is 7.25. The maximum absolute atomic E-state index is 13.2. The Morgan fingerprint density at radius 1 is 1.35 bits per heavy atom. The van der Waals surface area contributed by atoms with Gasteiger partial charge in [-0.1, -0.05) is 0 Å². The van der Waals surface area contributed by atoms with Crippen LogP contribution < -0.4 is 10.6 Å². The van der Waals surface area contributed by atoms with E-state index in [0.717, 1.165) is 11.3 Å². The third-order valence-corrected chi connectivity index (χ3v) is 3.80. The van der Waals surface area contributed by atoms with Crippen LogP contribution >= 0.6 is 12.4 Å². The fourth-order valence-electron chi connectivity index (χ4n) is 2.69. The molecule has 0 spiro atoms. The molecule has 0 bridgehead atoms. The quantitative estimate of drug-likeness (QED) is 0.770. The molecule has 1 aliphatic heterocycles. The van der Waals surface area contributed by atoms with Crippen molar-refractivity contribution in [2.45, 2.75) is 26.1 Å². The molecule has 1 fully saturated rings. The number of amides is 1. The fourth-order valence-corrected chi connectivity index (χ4v) is 2.69. The number of carbonyl (C=O) groups is 1. The molecule has 5 nitrogen and oxygen atoms in total. The van der Waals surface area contributed by atoms with E-state index in [1.165, 1.54) is 4.90 Å². The van der Waals surface area contributed by atoms with Crippen molar-refractivity contribution < 1.29 is 18.0 Å². The van der Waals surface area contributed by atoms with Crippen molar-refractivity contribution in [3.63, 3.8) is 0 Å². The largest absolute Gasteiger partial charge is 0.405 e. The van der Waals surface area contributed by atoms with Crippen molar-refractivity contribution in [3.05, 3.63) is 23.0 Å². The maximum Gasteiger partial charge on any atom is 0.405 e. The summed E-state index contributed by atoms with van der Waals surface area (Å²) < 4.78 is 39.7. The van der Waals surface area contributed by atoms with Gasteiger partial charge in [-0.05, 0) is 25.5 Å². The van der Waals surface area contributed by atoms with Crippen molar-refractivity contribution in [1.82, 2.24) is 20.5 Å². The van der Waals surface area contributed by atoms with E-state index in [9.17, 15) is 18.0 Å². The fraction of sp³-hybridized carbons (Fsp3) is 0.643. The van der Waals surface area contributed by atoms with Crippen LogP contribution in [0, 0.1) is 13.8 Å². The predicted molar refractivity (Wildman–Crippen MR) is 84.1 cm³/mol. The van der Waals surface area contributed by atoms with Gasteiger partial charge in [-0.15, -0.1) is 12.4 Å². The molecule has 2 rings (SSSR count). The van der Waals surface area contributed by atoms with E-state index in [-0.39, 0.29) is 12.4 Å². The van der Waals surface area contributed by atoms with E-state index in [4.69, 9.17) is 0 Å². The zero-order valence-corrected chi connectivity index (χ0v) is 13.9. The molecule has 0 aliphatic carbocycles. The summed E-state index contributed by atoms with van der Waals surface area (Å²) >= 11 is 0. The molecule has 0 aromatic carbocycles. The number of hydrogen-bond donors (Lipinski definition) is 3. The van der Waals surface area contributed by atoms with E-state index in [0.29, 0.717) is 31.9 Å². The minimum atomic E-state index is -4.37. The van der Waals surface area contributed by atoms with Gasteiger partial charge in [0.15, 0.2) is 0 Å². The van der Waals surface area contributed by atoms with Crippen LogP contribution in [0.3, 0.4) is 0 Å². The summed E-state index contributed by atoms with van der Waals surface area (Å²) in [5, 5.41) is 5.43. The molecule has 1 aliphatic rings. The van der Waals surface area contributed by atoms with E-state index < -0.39 is 24.7 Å². The number of aromatic nitrogens is 1. The van der Waals surface area contributed by atoms with Crippen LogP contribution in [0.5, 0.6) is 0 Å². The number of halogens is 4. The third kappa shape index (κ3) is 5.12. The Morgan fingerprint density at radius 3 is 2.43 bits per heavy atom. The van der Waals surface area contributed by atoms with Gasteiger partial charge in [-0.3, -0.25) is 9.69 Å². The van der Waals surface area contributed by atoms with Gasteiger partial charge in [0.05, 0.1) is 0 Å². The number of piperazine rings is 1. The summed E-state index contributed by atoms with van der Waals surface area (Å²) in [7, 11) is 0. The number of aromatic amines is 1. The van der Waals surface area contributed by atoms with Gasteiger partial charge < -0.3 is 15.6 Å². The maximum atomic E-state index is 13.2. The molecule has 1 saturated heterocycles. The number of nitrogens with one attached hydrogen (secondary N) is 3. The summed E-state index contributed by atoms with van der Waals surface area (Å²) in [6.07, 6.45) is -4.37. The lowest BCUT2D eigenvalue weighted by Crippen LogP contribution is -2.57. The van der Waals surface area contributed by atoms with E-state index in [2.05, 4.69) is 15.6 Å². The average molecular weight is 355 g/mol. The van der Waals surface area contributed by atoms with Gasteiger partial charge in [0, 0.05) is 38.4 Å². The molecule has 0 saturated carbocycles. The highest BCUT2D eigenvalue weighted by atomic mass is 35.5. The molecule has 1 unspecified atom stereocenters. The van der Waals surface area contributed by atoms with Crippen LogP contribution in [0.4, 0.5) is 13.2 Å². The van der Waals surface area contributed by atoms with Gasteiger partial charge >= 0.3 is 6.18 Å². The van der Waals surface area contributed by atoms with E-state index in [1.807, 2.05) is 0 Å². The lowest BCUT2D eigenvalue weighted by atomic mass is 10.2. The first-order valence-electron chi connectivity index (χ1n) is 7.25. The summed E-state index contributed by atoms with van der Waals surface area (Å²) in [6, 6.07) is 0.127. The molecular formula is C14H22ClF3N4O. The van der Waals surface area contributed by atoms with Crippen molar-refractivity contribution in [2.24, 2.45) is 0 Å². The van der Waals surface area contributed by atoms with Gasteiger partial charge in [0.2, 0.25) is 0 Å². The van der Waals surface area contributed by atoms with Gasteiger partial charge in [0.1, 0.15) is 11.7 Å². The number of carbonyl (C=O) groups excluding carboxylic acids is 1. The predicted octanol–water partition coefficient (Wildman–Crippen LogP) is 1.62. The van der Waals surface area contributed by atoms with Crippen LogP contribution in [-0.2, 0) is 0 Å². The Kier molecular flexibility index (Phi) is 6.91. The summed E-state index contributed by atoms with van der Waals surface area (Å²) in [6.45, 7) is 4.78. The lowest BCUT2D eigenvalue weighted by Gasteiger charge is -2.35. The normalized spacial score (nSPS) is 17.4. The number of aryl methyl sites for hydroxylation is 2. The lowest BCUT2D eigenvalue weighted by molar-refractivity contribution is -0.183. The first-order chi connectivity index (χ1) is 10.3. The number of nitrogens with zero attached hydrogens (tertiary/aromatic N) is 1. The molecule has 23 heavy (non-hydrogen) atoms. The van der Waals surface area contributed by atoms with Gasteiger partial charge in [0.25, 0.3) is 5.91 Å². The Balaban J connectivity index is 0.00000264. The van der Waals surface area contributed by atoms with Gasteiger partial charge in [-0.2, -0.15) is 13.2 Å². The zero-order chi connectivity index (χ0) is 16.3. The van der Waals surface area contributed by atoms with Crippen molar-refractivity contribution in [3.8, 4) is 0 Å². The second-order valence-corrected chi connectivity index (χ2v) is 5.56. The minimum absolute atomic E-state index is 0. The third-order valence-electron chi connectivity index (χ3n) is 3.80. The molecular weight excluding hydrogens is 333 g/mol. The topological polar surface area (TPSA) is 60.2 Å². The van der Waals surface area contributed by atoms with Crippen LogP contribution in [0.25, 0.3) is 0 Å². The second kappa shape index (κ2) is 8.03. The molecule has 1 amide bonds. The van der Waals surface area contributed by atoms with Crippen molar-refractivity contribution in [2.75, 3.05) is 32.7 Å². The zero-order valence-electron chi connectivity index (χ0n) is 13.1. The number of H-pyrrole nitrogens is 1. The van der Waals surface area contributed by atoms with Crippen LogP contribution in [0.2, 0.25) is 0 Å². The smallest absolute Gasteiger partial charge is 0.354 e. The first kappa shape index (κ1) is 19.8. The number of alkyl halides is 3. The number of rotatable bonds is 4. The molecule has 1 atom stereocenters. The second-order valence-electron chi connectivity index (χ2n) is 5.56. The van der Waals surface area contributed by atoms with Crippen molar-refractivity contribution in [1.29, 1.82) is 0 Å². The summed E-state index contributed by atoms with van der Waals surface area (Å²) in [5.41, 5.74) is 1.84. The highest BCUT2D eigenvalue weighted by Gasteiger charge is 2.43. The molecule has 9 heteroatoms. The Morgan fingerprint density at radius 2 is 1.96 bits per heavy atom. The van der Waals surface area contributed by atoms with Crippen LogP contribution in [0.1, 0.15) is 21.7 Å². The Labute approximate surface area is 139 Å². The summed E-state index contributed by atoms with van der Waals surface area (Å²) in [5.74, 6) is -0.505. The van der Waals surface area contributed by atoms with Crippen molar-refractivity contribution >= 4 is 18.3 Å². The molecule has 1 aromatic rings.